The Morgan fingerprint density at radius 2 is 1.37 bits per heavy atom. The first-order chi connectivity index (χ1) is 14.6. The lowest BCUT2D eigenvalue weighted by Crippen LogP contribution is -2.31. The number of nitrogens with one attached hydrogen (secondary N) is 1. The highest BCUT2D eigenvalue weighted by molar-refractivity contribution is 5.79. The number of benzene rings is 3. The highest BCUT2D eigenvalue weighted by Crippen LogP contribution is 2.23. The average Bonchev–Trinajstić information content (AvgIpc) is 2.79. The summed E-state index contributed by atoms with van der Waals surface area (Å²) in [7, 11) is 4.90. The topological polar surface area (TPSA) is 56.8 Å². The van der Waals surface area contributed by atoms with Crippen molar-refractivity contribution in [3.8, 4) is 17.2 Å². The molecular formula is C25H27NO4. The van der Waals surface area contributed by atoms with Gasteiger partial charge < -0.3 is 19.5 Å². The third-order valence-corrected chi connectivity index (χ3v) is 4.95. The van der Waals surface area contributed by atoms with Crippen molar-refractivity contribution in [3.05, 3.63) is 89.5 Å². The molecule has 3 rings (SSSR count). The van der Waals surface area contributed by atoms with Crippen molar-refractivity contribution in [2.75, 3.05) is 21.3 Å². The Bertz CT molecular complexity index is 952. The highest BCUT2D eigenvalue weighted by atomic mass is 16.5. The zero-order valence-electron chi connectivity index (χ0n) is 17.6. The predicted molar refractivity (Wildman–Crippen MR) is 117 cm³/mol. The monoisotopic (exact) mass is 405 g/mol. The van der Waals surface area contributed by atoms with Gasteiger partial charge in [0.25, 0.3) is 0 Å². The highest BCUT2D eigenvalue weighted by Gasteiger charge is 2.16. The molecule has 0 bridgehead atoms. The maximum absolute atomic E-state index is 12.8. The van der Waals surface area contributed by atoms with E-state index in [1.54, 1.807) is 21.3 Å². The Balaban J connectivity index is 1.77. The van der Waals surface area contributed by atoms with Gasteiger partial charge in [0.2, 0.25) is 5.91 Å². The summed E-state index contributed by atoms with van der Waals surface area (Å²) < 4.78 is 15.8. The van der Waals surface area contributed by atoms with Crippen molar-refractivity contribution in [2.24, 2.45) is 0 Å². The fourth-order valence-electron chi connectivity index (χ4n) is 3.30. The maximum Gasteiger partial charge on any atom is 0.224 e. The van der Waals surface area contributed by atoms with Crippen LogP contribution < -0.4 is 19.5 Å². The molecule has 5 nitrogen and oxygen atoms in total. The molecule has 1 atom stereocenters. The Morgan fingerprint density at radius 1 is 0.767 bits per heavy atom. The number of ether oxygens (including phenoxy) is 3. The minimum absolute atomic E-state index is 0.0439. The number of carbonyl (C=O) groups excluding carboxylic acids is 1. The van der Waals surface area contributed by atoms with Gasteiger partial charge in [0.15, 0.2) is 0 Å². The molecule has 0 aliphatic carbocycles. The number of methoxy groups -OCH3 is 3. The normalized spacial score (nSPS) is 11.4. The standard InChI is InChI=1S/C25H27NO4/c1-28-21-11-7-18(8-12-21)16-24(20-9-13-22(29-2)14-10-20)26-25(27)17-19-5-4-6-23(15-19)30-3/h4-15,24H,16-17H2,1-3H3,(H,26,27). The Kier molecular flexibility index (Phi) is 7.33. The van der Waals surface area contributed by atoms with E-state index >= 15 is 0 Å². The van der Waals surface area contributed by atoms with Gasteiger partial charge in [-0.3, -0.25) is 4.79 Å². The average molecular weight is 405 g/mol. The second-order valence-corrected chi connectivity index (χ2v) is 6.97. The Labute approximate surface area is 177 Å². The summed E-state index contributed by atoms with van der Waals surface area (Å²) in [5, 5.41) is 3.18. The lowest BCUT2D eigenvalue weighted by atomic mass is 9.98. The van der Waals surface area contributed by atoms with Crippen molar-refractivity contribution in [1.82, 2.24) is 5.32 Å². The van der Waals surface area contributed by atoms with Gasteiger partial charge in [-0.1, -0.05) is 36.4 Å². The molecule has 30 heavy (non-hydrogen) atoms. The summed E-state index contributed by atoms with van der Waals surface area (Å²) in [5.41, 5.74) is 3.04. The van der Waals surface area contributed by atoms with Gasteiger partial charge in [-0.05, 0) is 59.5 Å². The Morgan fingerprint density at radius 3 is 1.97 bits per heavy atom. The molecule has 0 saturated heterocycles. The molecule has 0 saturated carbocycles. The molecule has 1 unspecified atom stereocenters. The summed E-state index contributed by atoms with van der Waals surface area (Å²) >= 11 is 0. The summed E-state index contributed by atoms with van der Waals surface area (Å²) in [6.45, 7) is 0. The van der Waals surface area contributed by atoms with Gasteiger partial charge in [-0.2, -0.15) is 0 Å². The number of rotatable bonds is 9. The van der Waals surface area contributed by atoms with Gasteiger partial charge in [-0.15, -0.1) is 0 Å². The van der Waals surface area contributed by atoms with Crippen molar-refractivity contribution in [1.29, 1.82) is 0 Å². The van der Waals surface area contributed by atoms with Crippen molar-refractivity contribution < 1.29 is 19.0 Å². The zero-order chi connectivity index (χ0) is 21.3. The van der Waals surface area contributed by atoms with Gasteiger partial charge >= 0.3 is 0 Å². The third-order valence-electron chi connectivity index (χ3n) is 4.95. The fraction of sp³-hybridized carbons (Fsp3) is 0.240. The molecule has 0 heterocycles. The fourth-order valence-corrected chi connectivity index (χ4v) is 3.30. The second-order valence-electron chi connectivity index (χ2n) is 6.97. The molecule has 0 radical (unpaired) electrons. The summed E-state index contributed by atoms with van der Waals surface area (Å²) in [5.74, 6) is 2.29. The van der Waals surface area contributed by atoms with E-state index in [4.69, 9.17) is 14.2 Å². The molecule has 1 N–H and O–H groups in total. The molecule has 0 aromatic heterocycles. The van der Waals surface area contributed by atoms with E-state index in [1.807, 2.05) is 72.8 Å². The molecule has 1 amide bonds. The van der Waals surface area contributed by atoms with E-state index in [9.17, 15) is 4.79 Å². The number of hydrogen-bond donors (Lipinski definition) is 1. The van der Waals surface area contributed by atoms with E-state index in [1.165, 1.54) is 0 Å². The van der Waals surface area contributed by atoms with Crippen LogP contribution >= 0.6 is 0 Å². The minimum Gasteiger partial charge on any atom is -0.497 e. The van der Waals surface area contributed by atoms with E-state index < -0.39 is 0 Å². The lowest BCUT2D eigenvalue weighted by Gasteiger charge is -2.20. The van der Waals surface area contributed by atoms with E-state index in [0.717, 1.165) is 33.9 Å². The third kappa shape index (κ3) is 5.77. The molecule has 3 aromatic rings. The quantitative estimate of drug-likeness (QED) is 0.575. The van der Waals surface area contributed by atoms with Gasteiger partial charge in [-0.25, -0.2) is 0 Å². The smallest absolute Gasteiger partial charge is 0.224 e. The van der Waals surface area contributed by atoms with Gasteiger partial charge in [0.1, 0.15) is 17.2 Å². The molecule has 0 fully saturated rings. The van der Waals surface area contributed by atoms with Crippen molar-refractivity contribution in [3.63, 3.8) is 0 Å². The molecule has 0 aliphatic rings. The first-order valence-corrected chi connectivity index (χ1v) is 9.80. The van der Waals surface area contributed by atoms with Gasteiger partial charge in [0.05, 0.1) is 33.8 Å². The molecule has 156 valence electrons. The largest absolute Gasteiger partial charge is 0.497 e. The lowest BCUT2D eigenvalue weighted by molar-refractivity contribution is -0.121. The summed E-state index contributed by atoms with van der Waals surface area (Å²) in [6, 6.07) is 23.1. The minimum atomic E-state index is -0.164. The summed E-state index contributed by atoms with van der Waals surface area (Å²) in [6.07, 6.45) is 0.951. The van der Waals surface area contributed by atoms with Gasteiger partial charge in [0, 0.05) is 0 Å². The summed E-state index contributed by atoms with van der Waals surface area (Å²) in [4.78, 5) is 12.8. The van der Waals surface area contributed by atoms with Crippen LogP contribution in [0.4, 0.5) is 0 Å². The SMILES string of the molecule is COc1ccc(CC(NC(=O)Cc2cccc(OC)c2)c2ccc(OC)cc2)cc1. The first kappa shape index (κ1) is 21.2. The predicted octanol–water partition coefficient (Wildman–Crippen LogP) is 4.36. The number of amides is 1. The van der Waals surface area contributed by atoms with E-state index in [2.05, 4.69) is 5.32 Å². The van der Waals surface area contributed by atoms with Crippen LogP contribution in [0.15, 0.2) is 72.8 Å². The van der Waals surface area contributed by atoms with Crippen LogP contribution in [0.5, 0.6) is 17.2 Å². The van der Waals surface area contributed by atoms with Crippen molar-refractivity contribution >= 4 is 5.91 Å². The van der Waals surface area contributed by atoms with Crippen LogP contribution in [0.1, 0.15) is 22.7 Å². The van der Waals surface area contributed by atoms with Crippen LogP contribution in [0.25, 0.3) is 0 Å². The van der Waals surface area contributed by atoms with Crippen LogP contribution in [0.2, 0.25) is 0 Å². The first-order valence-electron chi connectivity index (χ1n) is 9.80. The molecule has 5 heteroatoms. The van der Waals surface area contributed by atoms with E-state index in [0.29, 0.717) is 6.42 Å². The van der Waals surface area contributed by atoms with Crippen LogP contribution in [0, 0.1) is 0 Å². The Hall–Kier alpha value is -3.47. The molecule has 0 aliphatic heterocycles. The van der Waals surface area contributed by atoms with Crippen LogP contribution in [-0.4, -0.2) is 27.2 Å². The molecule has 3 aromatic carbocycles. The number of hydrogen-bond acceptors (Lipinski definition) is 4. The number of carbonyl (C=O) groups is 1. The molecular weight excluding hydrogens is 378 g/mol. The van der Waals surface area contributed by atoms with Crippen LogP contribution in [0.3, 0.4) is 0 Å². The van der Waals surface area contributed by atoms with Crippen LogP contribution in [-0.2, 0) is 17.6 Å². The van der Waals surface area contributed by atoms with E-state index in [-0.39, 0.29) is 18.4 Å². The second kappa shape index (κ2) is 10.3. The zero-order valence-corrected chi connectivity index (χ0v) is 17.6. The van der Waals surface area contributed by atoms with Crippen molar-refractivity contribution in [2.45, 2.75) is 18.9 Å². The maximum atomic E-state index is 12.8. The molecule has 0 spiro atoms.